The lowest BCUT2D eigenvalue weighted by Crippen LogP contribution is -2.02. The summed E-state index contributed by atoms with van der Waals surface area (Å²) in [6.45, 7) is 0. The molecule has 0 amide bonds. The second-order valence-corrected chi connectivity index (χ2v) is 4.92. The van der Waals surface area contributed by atoms with E-state index in [0.717, 1.165) is 0 Å². The van der Waals surface area contributed by atoms with Gasteiger partial charge in [0.2, 0.25) is 0 Å². The smallest absolute Gasteiger partial charge is 0.394 e. The molecule has 6 N–H and O–H groups in total. The number of carbonyl (C=O) groups is 1. The van der Waals surface area contributed by atoms with Gasteiger partial charge >= 0.3 is 10.4 Å². The molecule has 8 heteroatoms. The molecule has 7 nitrogen and oxygen atoms in total. The van der Waals surface area contributed by atoms with Crippen molar-refractivity contribution >= 4 is 27.6 Å². The number of hydrogen-bond acceptors (Lipinski definition) is 5. The summed E-state index contributed by atoms with van der Waals surface area (Å²) >= 11 is 0. The third kappa shape index (κ3) is 6.52. The lowest BCUT2D eigenvalue weighted by Gasteiger charge is -2.03. The van der Waals surface area contributed by atoms with Crippen molar-refractivity contribution in [2.24, 2.45) is 0 Å². The SMILES string of the molecule is Nc1cccc(C(=O)c2cccc(N)c2)c1.O=S(=O)(O)O. The predicted octanol–water partition coefficient (Wildman–Crippen LogP) is 1.43. The zero-order valence-corrected chi connectivity index (χ0v) is 11.6. The molecule has 0 saturated heterocycles. The normalized spacial score (nSPS) is 10.4. The third-order valence-corrected chi connectivity index (χ3v) is 2.30. The molecule has 0 radical (unpaired) electrons. The van der Waals surface area contributed by atoms with E-state index >= 15 is 0 Å². The van der Waals surface area contributed by atoms with Crippen LogP contribution >= 0.6 is 0 Å². The topological polar surface area (TPSA) is 144 Å². The Morgan fingerprint density at radius 2 is 1.19 bits per heavy atom. The van der Waals surface area contributed by atoms with Crippen LogP contribution in [0.2, 0.25) is 0 Å². The Labute approximate surface area is 121 Å². The van der Waals surface area contributed by atoms with Crippen molar-refractivity contribution in [3.05, 3.63) is 59.7 Å². The van der Waals surface area contributed by atoms with Crippen molar-refractivity contribution in [1.82, 2.24) is 0 Å². The second-order valence-electron chi connectivity index (χ2n) is 4.03. The van der Waals surface area contributed by atoms with Gasteiger partial charge in [0, 0.05) is 22.5 Å². The Morgan fingerprint density at radius 3 is 1.48 bits per heavy atom. The third-order valence-electron chi connectivity index (χ3n) is 2.30. The highest BCUT2D eigenvalue weighted by Gasteiger charge is 2.08. The van der Waals surface area contributed by atoms with Crippen LogP contribution in [0.1, 0.15) is 15.9 Å². The van der Waals surface area contributed by atoms with Crippen molar-refractivity contribution in [1.29, 1.82) is 0 Å². The molecule has 0 aliphatic rings. The fourth-order valence-corrected chi connectivity index (χ4v) is 1.53. The second kappa shape index (κ2) is 6.84. The van der Waals surface area contributed by atoms with Gasteiger partial charge in [-0.2, -0.15) is 8.42 Å². The number of carbonyl (C=O) groups excluding carboxylic acids is 1. The monoisotopic (exact) mass is 310 g/mol. The van der Waals surface area contributed by atoms with E-state index in [1.54, 1.807) is 48.5 Å². The Hall–Kier alpha value is -2.42. The Kier molecular flexibility index (Phi) is 5.42. The lowest BCUT2D eigenvalue weighted by molar-refractivity contribution is 0.103. The fraction of sp³-hybridized carbons (Fsp3) is 0. The first-order valence-electron chi connectivity index (χ1n) is 5.62. The molecule has 2 rings (SSSR count). The van der Waals surface area contributed by atoms with Crippen molar-refractivity contribution in [3.63, 3.8) is 0 Å². The average Bonchev–Trinajstić information content (AvgIpc) is 2.36. The van der Waals surface area contributed by atoms with Gasteiger partial charge in [0.15, 0.2) is 5.78 Å². The van der Waals surface area contributed by atoms with Gasteiger partial charge in [-0.05, 0) is 24.3 Å². The summed E-state index contributed by atoms with van der Waals surface area (Å²) in [6, 6.07) is 13.8. The summed E-state index contributed by atoms with van der Waals surface area (Å²) in [5.74, 6) is -0.0698. The molecule has 0 aliphatic carbocycles. The number of anilines is 2. The molecule has 0 spiro atoms. The predicted molar refractivity (Wildman–Crippen MR) is 79.3 cm³/mol. The van der Waals surface area contributed by atoms with Gasteiger partial charge in [0.1, 0.15) is 0 Å². The highest BCUT2D eigenvalue weighted by Crippen LogP contribution is 2.14. The molecule has 0 aromatic heterocycles. The van der Waals surface area contributed by atoms with Gasteiger partial charge in [-0.15, -0.1) is 0 Å². The Morgan fingerprint density at radius 1 is 0.857 bits per heavy atom. The highest BCUT2D eigenvalue weighted by molar-refractivity contribution is 7.79. The van der Waals surface area contributed by atoms with Crippen LogP contribution in [0.15, 0.2) is 48.5 Å². The first kappa shape index (κ1) is 16.6. The standard InChI is InChI=1S/C13H12N2O.H2O4S/c14-11-5-1-3-9(7-11)13(16)10-4-2-6-12(15)8-10;1-5(2,3)4/h1-8H,14-15H2;(H2,1,2,3,4). The first-order valence-corrected chi connectivity index (χ1v) is 7.02. The Bertz CT molecular complexity index is 688. The van der Waals surface area contributed by atoms with Crippen LogP contribution < -0.4 is 11.5 Å². The van der Waals surface area contributed by atoms with Crippen molar-refractivity contribution in [3.8, 4) is 0 Å². The summed E-state index contributed by atoms with van der Waals surface area (Å²) in [6.07, 6.45) is 0. The summed E-state index contributed by atoms with van der Waals surface area (Å²) in [4.78, 5) is 12.0. The molecule has 112 valence electrons. The van der Waals surface area contributed by atoms with Crippen molar-refractivity contribution in [2.75, 3.05) is 11.5 Å². The van der Waals surface area contributed by atoms with Crippen LogP contribution in [0.5, 0.6) is 0 Å². The summed E-state index contributed by atoms with van der Waals surface area (Å²) in [5, 5.41) is 0. The van der Waals surface area contributed by atoms with E-state index in [0.29, 0.717) is 22.5 Å². The quantitative estimate of drug-likeness (QED) is 0.373. The molecule has 0 bridgehead atoms. The zero-order chi connectivity index (χ0) is 16.0. The molecule has 0 fully saturated rings. The summed E-state index contributed by atoms with van der Waals surface area (Å²) < 4.78 is 31.6. The first-order chi connectivity index (χ1) is 9.66. The van der Waals surface area contributed by atoms with Gasteiger partial charge in [-0.3, -0.25) is 13.9 Å². The van der Waals surface area contributed by atoms with Crippen LogP contribution in [0, 0.1) is 0 Å². The molecule has 2 aromatic rings. The van der Waals surface area contributed by atoms with Gasteiger partial charge in [-0.25, -0.2) is 0 Å². The van der Waals surface area contributed by atoms with Crippen LogP contribution in [0.25, 0.3) is 0 Å². The van der Waals surface area contributed by atoms with E-state index < -0.39 is 10.4 Å². The zero-order valence-electron chi connectivity index (χ0n) is 10.8. The molecule has 0 aliphatic heterocycles. The van der Waals surface area contributed by atoms with Crippen LogP contribution in [0.4, 0.5) is 11.4 Å². The van der Waals surface area contributed by atoms with Crippen LogP contribution in [-0.2, 0) is 10.4 Å². The maximum atomic E-state index is 12.0. The molecule has 2 aromatic carbocycles. The summed E-state index contributed by atoms with van der Waals surface area (Å²) in [7, 11) is -4.67. The molecule has 0 atom stereocenters. The maximum absolute atomic E-state index is 12.0. The van der Waals surface area contributed by atoms with E-state index in [9.17, 15) is 4.79 Å². The minimum absolute atomic E-state index is 0.0698. The molecule has 21 heavy (non-hydrogen) atoms. The molecule has 0 saturated carbocycles. The minimum atomic E-state index is -4.67. The lowest BCUT2D eigenvalue weighted by atomic mass is 10.0. The van der Waals surface area contributed by atoms with Crippen LogP contribution in [-0.4, -0.2) is 23.3 Å². The van der Waals surface area contributed by atoms with Crippen LogP contribution in [0.3, 0.4) is 0 Å². The van der Waals surface area contributed by atoms with E-state index in [1.807, 2.05) is 0 Å². The minimum Gasteiger partial charge on any atom is -0.399 e. The van der Waals surface area contributed by atoms with Gasteiger partial charge < -0.3 is 11.5 Å². The van der Waals surface area contributed by atoms with E-state index in [4.69, 9.17) is 29.0 Å². The number of nitrogen functional groups attached to an aromatic ring is 2. The largest absolute Gasteiger partial charge is 0.399 e. The van der Waals surface area contributed by atoms with E-state index in [2.05, 4.69) is 0 Å². The number of nitrogens with two attached hydrogens (primary N) is 2. The number of benzene rings is 2. The molecular weight excluding hydrogens is 296 g/mol. The number of ketones is 1. The Balaban J connectivity index is 0.000000383. The number of hydrogen-bond donors (Lipinski definition) is 4. The van der Waals surface area contributed by atoms with Gasteiger partial charge in [0.05, 0.1) is 0 Å². The van der Waals surface area contributed by atoms with Gasteiger partial charge in [0.25, 0.3) is 0 Å². The highest BCUT2D eigenvalue weighted by atomic mass is 32.3. The van der Waals surface area contributed by atoms with E-state index in [1.165, 1.54) is 0 Å². The molecule has 0 heterocycles. The average molecular weight is 310 g/mol. The summed E-state index contributed by atoms with van der Waals surface area (Å²) in [5.41, 5.74) is 13.6. The van der Waals surface area contributed by atoms with Gasteiger partial charge in [-0.1, -0.05) is 24.3 Å². The fourth-order valence-electron chi connectivity index (χ4n) is 1.53. The van der Waals surface area contributed by atoms with Crippen molar-refractivity contribution in [2.45, 2.75) is 0 Å². The molecule has 0 unspecified atom stereocenters. The number of rotatable bonds is 2. The molecular formula is C13H14N2O5S. The van der Waals surface area contributed by atoms with E-state index in [-0.39, 0.29) is 5.78 Å². The van der Waals surface area contributed by atoms with Crippen molar-refractivity contribution < 1.29 is 22.3 Å². The maximum Gasteiger partial charge on any atom is 0.394 e.